The van der Waals surface area contributed by atoms with Gasteiger partial charge in [-0.2, -0.15) is 5.10 Å². The third-order valence-corrected chi connectivity index (χ3v) is 3.14. The summed E-state index contributed by atoms with van der Waals surface area (Å²) in [5, 5.41) is 3.95. The predicted molar refractivity (Wildman–Crippen MR) is 64.3 cm³/mol. The SMILES string of the molecule is Cn1ncnc1CC(=O)C1Cc2ccccc2O1. The van der Waals surface area contributed by atoms with Crippen LogP contribution in [0.1, 0.15) is 11.4 Å². The maximum absolute atomic E-state index is 12.1. The van der Waals surface area contributed by atoms with Gasteiger partial charge in [0.25, 0.3) is 0 Å². The summed E-state index contributed by atoms with van der Waals surface area (Å²) in [6.45, 7) is 0. The minimum Gasteiger partial charge on any atom is -0.482 e. The normalized spacial score (nSPS) is 17.3. The molecule has 0 radical (unpaired) electrons. The first-order valence-corrected chi connectivity index (χ1v) is 5.84. The van der Waals surface area contributed by atoms with Gasteiger partial charge in [0.05, 0.1) is 6.42 Å². The van der Waals surface area contributed by atoms with Crippen molar-refractivity contribution in [1.29, 1.82) is 0 Å². The fraction of sp³-hybridized carbons (Fsp3) is 0.308. The van der Waals surface area contributed by atoms with Crippen LogP contribution >= 0.6 is 0 Å². The Balaban J connectivity index is 1.71. The molecule has 92 valence electrons. The van der Waals surface area contributed by atoms with E-state index in [1.807, 2.05) is 24.3 Å². The fourth-order valence-corrected chi connectivity index (χ4v) is 2.11. The molecule has 2 aromatic rings. The maximum atomic E-state index is 12.1. The van der Waals surface area contributed by atoms with Gasteiger partial charge in [-0.1, -0.05) is 18.2 Å². The summed E-state index contributed by atoms with van der Waals surface area (Å²) < 4.78 is 7.26. The van der Waals surface area contributed by atoms with Crippen molar-refractivity contribution in [2.75, 3.05) is 0 Å². The number of ether oxygens (including phenoxy) is 1. The first kappa shape index (κ1) is 11.0. The van der Waals surface area contributed by atoms with Crippen molar-refractivity contribution in [1.82, 2.24) is 14.8 Å². The van der Waals surface area contributed by atoms with Crippen molar-refractivity contribution < 1.29 is 9.53 Å². The zero-order valence-corrected chi connectivity index (χ0v) is 10.0. The highest BCUT2D eigenvalue weighted by Crippen LogP contribution is 2.28. The summed E-state index contributed by atoms with van der Waals surface area (Å²) in [5.41, 5.74) is 1.09. The lowest BCUT2D eigenvalue weighted by Gasteiger charge is -2.08. The Morgan fingerprint density at radius 1 is 1.50 bits per heavy atom. The van der Waals surface area contributed by atoms with E-state index >= 15 is 0 Å². The molecule has 1 atom stereocenters. The molecule has 1 aromatic heterocycles. The Bertz CT molecular complexity index is 566. The summed E-state index contributed by atoms with van der Waals surface area (Å²) in [6, 6.07) is 7.75. The highest BCUT2D eigenvalue weighted by Gasteiger charge is 2.29. The molecule has 0 bridgehead atoms. The molecule has 1 aromatic carbocycles. The minimum absolute atomic E-state index is 0.0438. The van der Waals surface area contributed by atoms with E-state index in [2.05, 4.69) is 10.1 Å². The van der Waals surface area contributed by atoms with Crippen LogP contribution in [0.4, 0.5) is 0 Å². The zero-order chi connectivity index (χ0) is 12.5. The zero-order valence-electron chi connectivity index (χ0n) is 10.0. The largest absolute Gasteiger partial charge is 0.482 e. The van der Waals surface area contributed by atoms with Gasteiger partial charge in [0.15, 0.2) is 11.9 Å². The number of rotatable bonds is 3. The molecule has 18 heavy (non-hydrogen) atoms. The number of benzene rings is 1. The van der Waals surface area contributed by atoms with Crippen LogP contribution < -0.4 is 4.74 Å². The van der Waals surface area contributed by atoms with E-state index in [1.54, 1.807) is 11.7 Å². The number of Topliss-reactive ketones (excluding diaryl/α,β-unsaturated/α-hetero) is 1. The second-order valence-electron chi connectivity index (χ2n) is 4.36. The second kappa shape index (κ2) is 4.25. The van der Waals surface area contributed by atoms with Gasteiger partial charge < -0.3 is 4.74 Å². The summed E-state index contributed by atoms with van der Waals surface area (Å²) in [7, 11) is 1.78. The van der Waals surface area contributed by atoms with E-state index in [9.17, 15) is 4.79 Å². The number of para-hydroxylation sites is 1. The highest BCUT2D eigenvalue weighted by molar-refractivity contribution is 5.86. The van der Waals surface area contributed by atoms with Gasteiger partial charge in [-0.25, -0.2) is 4.98 Å². The fourth-order valence-electron chi connectivity index (χ4n) is 2.11. The van der Waals surface area contributed by atoms with Gasteiger partial charge in [-0.05, 0) is 11.6 Å². The molecule has 2 heterocycles. The van der Waals surface area contributed by atoms with Crippen LogP contribution in [0.3, 0.4) is 0 Å². The van der Waals surface area contributed by atoms with Crippen LogP contribution in [0, 0.1) is 0 Å². The first-order valence-electron chi connectivity index (χ1n) is 5.84. The van der Waals surface area contributed by atoms with Crippen LogP contribution in [0.25, 0.3) is 0 Å². The van der Waals surface area contributed by atoms with Crippen LogP contribution in [0.5, 0.6) is 5.75 Å². The Morgan fingerprint density at radius 3 is 3.06 bits per heavy atom. The number of ketones is 1. The van der Waals surface area contributed by atoms with Crippen LogP contribution in [-0.2, 0) is 24.7 Å². The standard InChI is InChI=1S/C13H13N3O2/c1-16-13(14-8-15-16)7-10(17)12-6-9-4-2-3-5-11(9)18-12/h2-5,8,12H,6-7H2,1H3. The number of hydrogen-bond acceptors (Lipinski definition) is 4. The Kier molecular flexibility index (Phi) is 2.59. The van der Waals surface area contributed by atoms with Crippen molar-refractivity contribution in [3.05, 3.63) is 42.0 Å². The van der Waals surface area contributed by atoms with Gasteiger partial charge in [0.2, 0.25) is 0 Å². The number of aryl methyl sites for hydroxylation is 1. The lowest BCUT2D eigenvalue weighted by Crippen LogP contribution is -2.27. The highest BCUT2D eigenvalue weighted by atomic mass is 16.5. The van der Waals surface area contributed by atoms with E-state index in [4.69, 9.17) is 4.74 Å². The molecule has 0 saturated heterocycles. The number of aromatic nitrogens is 3. The maximum Gasteiger partial charge on any atom is 0.181 e. The summed E-state index contributed by atoms with van der Waals surface area (Å²) >= 11 is 0. The molecule has 0 N–H and O–H groups in total. The van der Waals surface area contributed by atoms with Crippen molar-refractivity contribution in [2.45, 2.75) is 18.9 Å². The van der Waals surface area contributed by atoms with E-state index in [1.165, 1.54) is 6.33 Å². The van der Waals surface area contributed by atoms with Gasteiger partial charge in [-0.15, -0.1) is 0 Å². The molecular weight excluding hydrogens is 230 g/mol. The smallest absolute Gasteiger partial charge is 0.181 e. The average Bonchev–Trinajstić information content (AvgIpc) is 2.96. The van der Waals surface area contributed by atoms with Crippen molar-refractivity contribution in [2.24, 2.45) is 7.05 Å². The van der Waals surface area contributed by atoms with Crippen molar-refractivity contribution in [3.63, 3.8) is 0 Å². The number of nitrogens with zero attached hydrogens (tertiary/aromatic N) is 3. The molecule has 0 fully saturated rings. The molecule has 0 spiro atoms. The van der Waals surface area contributed by atoms with Crippen molar-refractivity contribution >= 4 is 5.78 Å². The van der Waals surface area contributed by atoms with Crippen LogP contribution in [0.2, 0.25) is 0 Å². The summed E-state index contributed by atoms with van der Waals surface area (Å²) in [6.07, 6.45) is 1.97. The predicted octanol–water partition coefficient (Wildman–Crippen LogP) is 0.930. The van der Waals surface area contributed by atoms with Gasteiger partial charge in [-0.3, -0.25) is 9.48 Å². The van der Waals surface area contributed by atoms with Crippen molar-refractivity contribution in [3.8, 4) is 5.75 Å². The molecular formula is C13H13N3O2. The molecule has 5 nitrogen and oxygen atoms in total. The van der Waals surface area contributed by atoms with E-state index in [0.717, 1.165) is 11.3 Å². The average molecular weight is 243 g/mol. The number of fused-ring (bicyclic) bond motifs is 1. The Hall–Kier alpha value is -2.17. The lowest BCUT2D eigenvalue weighted by atomic mass is 10.1. The van der Waals surface area contributed by atoms with E-state index in [-0.39, 0.29) is 18.3 Å². The molecule has 0 aliphatic carbocycles. The number of hydrogen-bond donors (Lipinski definition) is 0. The van der Waals surface area contributed by atoms with Gasteiger partial charge in [0, 0.05) is 13.5 Å². The summed E-state index contributed by atoms with van der Waals surface area (Å²) in [5.74, 6) is 1.52. The van der Waals surface area contributed by atoms with Crippen LogP contribution in [-0.4, -0.2) is 26.7 Å². The third kappa shape index (κ3) is 1.88. The summed E-state index contributed by atoms with van der Waals surface area (Å²) in [4.78, 5) is 16.2. The first-order chi connectivity index (χ1) is 8.74. The minimum atomic E-state index is -0.390. The molecule has 5 heteroatoms. The third-order valence-electron chi connectivity index (χ3n) is 3.14. The van der Waals surface area contributed by atoms with E-state index < -0.39 is 0 Å². The molecule has 1 unspecified atom stereocenters. The van der Waals surface area contributed by atoms with Gasteiger partial charge in [0.1, 0.15) is 17.9 Å². The van der Waals surface area contributed by atoms with Gasteiger partial charge >= 0.3 is 0 Å². The monoisotopic (exact) mass is 243 g/mol. The Labute approximate surface area is 104 Å². The molecule has 0 amide bonds. The second-order valence-corrected chi connectivity index (χ2v) is 4.36. The Morgan fingerprint density at radius 2 is 2.33 bits per heavy atom. The lowest BCUT2D eigenvalue weighted by molar-refractivity contribution is -0.124. The van der Waals surface area contributed by atoms with E-state index in [0.29, 0.717) is 12.2 Å². The van der Waals surface area contributed by atoms with Crippen LogP contribution in [0.15, 0.2) is 30.6 Å². The topological polar surface area (TPSA) is 57.0 Å². The number of carbonyl (C=O) groups is 1. The molecule has 1 aliphatic heterocycles. The molecule has 3 rings (SSSR count). The number of carbonyl (C=O) groups excluding carboxylic acids is 1. The molecule has 0 saturated carbocycles. The quantitative estimate of drug-likeness (QED) is 0.804. The molecule has 1 aliphatic rings.